The Hall–Kier alpha value is -1.11. The SMILES string of the molecule is COc1cnn(C)c1C(NN)C1(OC)CCC(C)CC1. The zero-order chi connectivity index (χ0) is 14.8. The third kappa shape index (κ3) is 2.55. The molecule has 1 heterocycles. The third-order valence-corrected chi connectivity index (χ3v) is 4.66. The average Bonchev–Trinajstić information content (AvgIpc) is 2.83. The van der Waals surface area contributed by atoms with Crippen LogP contribution in [0.15, 0.2) is 6.20 Å². The second-order valence-electron chi connectivity index (χ2n) is 5.77. The highest BCUT2D eigenvalue weighted by Crippen LogP contribution is 2.44. The second kappa shape index (κ2) is 6.11. The number of nitrogens with two attached hydrogens (primary N) is 1. The molecule has 0 aliphatic heterocycles. The van der Waals surface area contributed by atoms with Crippen LogP contribution < -0.4 is 16.0 Å². The minimum absolute atomic E-state index is 0.137. The monoisotopic (exact) mass is 282 g/mol. The quantitative estimate of drug-likeness (QED) is 0.633. The molecule has 114 valence electrons. The van der Waals surface area contributed by atoms with E-state index in [0.717, 1.165) is 43.0 Å². The number of nitrogens with zero attached hydrogens (tertiary/aromatic N) is 2. The van der Waals surface area contributed by atoms with Gasteiger partial charge in [-0.2, -0.15) is 5.10 Å². The number of ether oxygens (including phenoxy) is 2. The van der Waals surface area contributed by atoms with Gasteiger partial charge in [-0.1, -0.05) is 6.92 Å². The fourth-order valence-electron chi connectivity index (χ4n) is 3.25. The van der Waals surface area contributed by atoms with Crippen LogP contribution in [-0.2, 0) is 11.8 Å². The molecule has 6 heteroatoms. The summed E-state index contributed by atoms with van der Waals surface area (Å²) in [6.07, 6.45) is 5.97. The van der Waals surface area contributed by atoms with Crippen molar-refractivity contribution in [2.75, 3.05) is 14.2 Å². The van der Waals surface area contributed by atoms with Gasteiger partial charge in [0.15, 0.2) is 5.75 Å². The highest BCUT2D eigenvalue weighted by Gasteiger charge is 2.44. The molecule has 1 saturated carbocycles. The first-order valence-corrected chi connectivity index (χ1v) is 7.15. The Morgan fingerprint density at radius 1 is 1.45 bits per heavy atom. The summed E-state index contributed by atoms with van der Waals surface area (Å²) in [6, 6.07) is -0.137. The van der Waals surface area contributed by atoms with Crippen molar-refractivity contribution >= 4 is 0 Å². The van der Waals surface area contributed by atoms with Crippen LogP contribution in [0.25, 0.3) is 0 Å². The van der Waals surface area contributed by atoms with Crippen LogP contribution in [0.1, 0.15) is 44.3 Å². The smallest absolute Gasteiger partial charge is 0.161 e. The largest absolute Gasteiger partial charge is 0.493 e. The summed E-state index contributed by atoms with van der Waals surface area (Å²) in [5.41, 5.74) is 3.56. The highest BCUT2D eigenvalue weighted by atomic mass is 16.5. The lowest BCUT2D eigenvalue weighted by Crippen LogP contribution is -2.50. The minimum Gasteiger partial charge on any atom is -0.493 e. The summed E-state index contributed by atoms with van der Waals surface area (Å²) in [7, 11) is 5.32. The predicted octanol–water partition coefficient (Wildman–Crippen LogP) is 1.53. The Labute approximate surface area is 120 Å². The van der Waals surface area contributed by atoms with Crippen LogP contribution >= 0.6 is 0 Å². The van der Waals surface area contributed by atoms with Crippen LogP contribution in [0.2, 0.25) is 0 Å². The molecule has 1 aromatic rings. The lowest BCUT2D eigenvalue weighted by atomic mass is 9.74. The number of hydrogen-bond acceptors (Lipinski definition) is 5. The van der Waals surface area contributed by atoms with E-state index in [0.29, 0.717) is 0 Å². The lowest BCUT2D eigenvalue weighted by Gasteiger charge is -2.43. The molecule has 0 spiro atoms. The maximum absolute atomic E-state index is 5.92. The molecular formula is C14H26N4O2. The highest BCUT2D eigenvalue weighted by molar-refractivity contribution is 5.30. The first-order valence-electron chi connectivity index (χ1n) is 7.15. The van der Waals surface area contributed by atoms with Gasteiger partial charge in [0.05, 0.1) is 24.9 Å². The fraction of sp³-hybridized carbons (Fsp3) is 0.786. The zero-order valence-electron chi connectivity index (χ0n) is 12.8. The number of hydrogen-bond donors (Lipinski definition) is 2. The molecule has 1 atom stereocenters. The molecule has 0 radical (unpaired) electrons. The Morgan fingerprint density at radius 2 is 2.10 bits per heavy atom. The normalized spacial score (nSPS) is 28.4. The van der Waals surface area contributed by atoms with Gasteiger partial charge >= 0.3 is 0 Å². The molecule has 6 nitrogen and oxygen atoms in total. The standard InChI is InChI=1S/C14H26N4O2/c1-10-5-7-14(20-4,8-6-10)13(17-15)12-11(19-3)9-16-18(12)2/h9-10,13,17H,5-8,15H2,1-4H3. The first kappa shape index (κ1) is 15.3. The number of hydrazine groups is 1. The van der Waals surface area contributed by atoms with Crippen LogP contribution in [-0.4, -0.2) is 29.6 Å². The molecule has 0 bridgehead atoms. The van der Waals surface area contributed by atoms with Crippen LogP contribution in [0.5, 0.6) is 5.75 Å². The van der Waals surface area contributed by atoms with Gasteiger partial charge in [0, 0.05) is 14.2 Å². The van der Waals surface area contributed by atoms with Crippen molar-refractivity contribution in [3.63, 3.8) is 0 Å². The molecule has 3 N–H and O–H groups in total. The van der Waals surface area contributed by atoms with Gasteiger partial charge in [0.25, 0.3) is 0 Å². The molecule has 2 rings (SSSR count). The van der Waals surface area contributed by atoms with E-state index >= 15 is 0 Å². The predicted molar refractivity (Wildman–Crippen MR) is 77.2 cm³/mol. The van der Waals surface area contributed by atoms with Gasteiger partial charge in [0.2, 0.25) is 0 Å². The maximum Gasteiger partial charge on any atom is 0.161 e. The summed E-state index contributed by atoms with van der Waals surface area (Å²) in [5, 5.41) is 4.27. The molecule has 0 aromatic carbocycles. The van der Waals surface area contributed by atoms with E-state index in [1.165, 1.54) is 0 Å². The van der Waals surface area contributed by atoms with Crippen LogP contribution in [0.4, 0.5) is 0 Å². The minimum atomic E-state index is -0.303. The third-order valence-electron chi connectivity index (χ3n) is 4.66. The van der Waals surface area contributed by atoms with Gasteiger partial charge in [0.1, 0.15) is 5.69 Å². The molecule has 0 amide bonds. The summed E-state index contributed by atoms with van der Waals surface area (Å²) in [5.74, 6) is 7.34. The summed E-state index contributed by atoms with van der Waals surface area (Å²) < 4.78 is 13.1. The number of methoxy groups -OCH3 is 2. The van der Waals surface area contributed by atoms with Crippen molar-refractivity contribution in [3.8, 4) is 5.75 Å². The Morgan fingerprint density at radius 3 is 2.60 bits per heavy atom. The van der Waals surface area contributed by atoms with Crippen molar-refractivity contribution < 1.29 is 9.47 Å². The maximum atomic E-state index is 5.92. The van der Waals surface area contributed by atoms with Gasteiger partial charge in [-0.15, -0.1) is 0 Å². The van der Waals surface area contributed by atoms with Crippen molar-refractivity contribution in [1.82, 2.24) is 15.2 Å². The van der Waals surface area contributed by atoms with E-state index in [-0.39, 0.29) is 11.6 Å². The van der Waals surface area contributed by atoms with E-state index in [2.05, 4.69) is 17.4 Å². The van der Waals surface area contributed by atoms with E-state index in [4.69, 9.17) is 15.3 Å². The number of nitrogens with one attached hydrogen (secondary N) is 1. The number of rotatable bonds is 5. The van der Waals surface area contributed by atoms with Crippen molar-refractivity contribution in [2.24, 2.45) is 18.8 Å². The molecule has 1 aliphatic carbocycles. The molecule has 0 saturated heterocycles. The van der Waals surface area contributed by atoms with Gasteiger partial charge in [-0.05, 0) is 31.6 Å². The number of aryl methyl sites for hydroxylation is 1. The topological polar surface area (TPSA) is 74.3 Å². The molecule has 1 aliphatic rings. The molecule has 1 aromatic heterocycles. The summed E-state index contributed by atoms with van der Waals surface area (Å²) >= 11 is 0. The van der Waals surface area contributed by atoms with E-state index in [1.807, 2.05) is 11.7 Å². The average molecular weight is 282 g/mol. The van der Waals surface area contributed by atoms with Crippen LogP contribution in [0, 0.1) is 5.92 Å². The molecule has 20 heavy (non-hydrogen) atoms. The summed E-state index contributed by atoms with van der Waals surface area (Å²) in [4.78, 5) is 0. The van der Waals surface area contributed by atoms with E-state index in [9.17, 15) is 0 Å². The van der Waals surface area contributed by atoms with Crippen molar-refractivity contribution in [2.45, 2.75) is 44.2 Å². The van der Waals surface area contributed by atoms with Gasteiger partial charge < -0.3 is 9.47 Å². The fourth-order valence-corrected chi connectivity index (χ4v) is 3.25. The van der Waals surface area contributed by atoms with Gasteiger partial charge in [-0.25, -0.2) is 5.43 Å². The first-order chi connectivity index (χ1) is 9.57. The molecule has 1 unspecified atom stereocenters. The van der Waals surface area contributed by atoms with Crippen molar-refractivity contribution in [1.29, 1.82) is 0 Å². The Kier molecular flexibility index (Phi) is 4.67. The zero-order valence-corrected chi connectivity index (χ0v) is 12.8. The lowest BCUT2D eigenvalue weighted by molar-refractivity contribution is -0.0782. The molecule has 1 fully saturated rings. The Balaban J connectivity index is 2.36. The van der Waals surface area contributed by atoms with E-state index < -0.39 is 0 Å². The Bertz CT molecular complexity index is 438. The molecular weight excluding hydrogens is 256 g/mol. The van der Waals surface area contributed by atoms with E-state index in [1.54, 1.807) is 20.4 Å². The van der Waals surface area contributed by atoms with Crippen molar-refractivity contribution in [3.05, 3.63) is 11.9 Å². The number of aromatic nitrogens is 2. The van der Waals surface area contributed by atoms with Crippen LogP contribution in [0.3, 0.4) is 0 Å². The van der Waals surface area contributed by atoms with Gasteiger partial charge in [-0.3, -0.25) is 10.5 Å². The second-order valence-corrected chi connectivity index (χ2v) is 5.77. The summed E-state index contributed by atoms with van der Waals surface area (Å²) in [6.45, 7) is 2.29.